The molecule has 12 heteroatoms. The molecular formula is C25H26Cl2N6O4. The number of ether oxygens (including phenoxy) is 3. The molecule has 0 fully saturated rings. The summed E-state index contributed by atoms with van der Waals surface area (Å²) in [7, 11) is 2.99. The molecule has 2 aromatic carbocycles. The molecule has 194 valence electrons. The lowest BCUT2D eigenvalue weighted by Crippen LogP contribution is -2.22. The molecule has 0 spiro atoms. The zero-order valence-electron chi connectivity index (χ0n) is 20.8. The van der Waals surface area contributed by atoms with Gasteiger partial charge >= 0.3 is 6.09 Å². The second kappa shape index (κ2) is 11.6. The molecule has 10 nitrogen and oxygen atoms in total. The number of hydrogen-bond acceptors (Lipinski definition) is 8. The monoisotopic (exact) mass is 544 g/mol. The number of nitrogens with one attached hydrogen (secondary N) is 2. The minimum atomic E-state index is -0.734. The van der Waals surface area contributed by atoms with E-state index in [2.05, 4.69) is 44.0 Å². The molecule has 0 aliphatic heterocycles. The van der Waals surface area contributed by atoms with E-state index in [0.29, 0.717) is 40.2 Å². The van der Waals surface area contributed by atoms with E-state index in [1.165, 1.54) is 26.6 Å². The van der Waals surface area contributed by atoms with Crippen LogP contribution in [0.2, 0.25) is 10.0 Å². The lowest BCUT2D eigenvalue weighted by Gasteiger charge is -2.16. The minimum Gasteiger partial charge on any atom is -0.495 e. The van der Waals surface area contributed by atoms with Gasteiger partial charge in [-0.15, -0.1) is 0 Å². The molecule has 2 heterocycles. The predicted octanol–water partition coefficient (Wildman–Crippen LogP) is 5.80. The fourth-order valence-electron chi connectivity index (χ4n) is 3.84. The van der Waals surface area contributed by atoms with E-state index >= 15 is 0 Å². The Balaban J connectivity index is 1.64. The molecule has 0 unspecified atom stereocenters. The summed E-state index contributed by atoms with van der Waals surface area (Å²) in [5.41, 5.74) is 2.59. The van der Waals surface area contributed by atoms with Gasteiger partial charge in [-0.05, 0) is 25.2 Å². The second-order valence-corrected chi connectivity index (χ2v) is 8.62. The van der Waals surface area contributed by atoms with Crippen LogP contribution in [0, 0.1) is 0 Å². The van der Waals surface area contributed by atoms with Gasteiger partial charge in [-0.25, -0.2) is 14.8 Å². The van der Waals surface area contributed by atoms with Crippen LogP contribution in [0.3, 0.4) is 0 Å². The lowest BCUT2D eigenvalue weighted by molar-refractivity contribution is 0.215. The number of aromatic amines is 1. The quantitative estimate of drug-likeness (QED) is 0.271. The Bertz CT molecular complexity index is 1400. The Kier molecular flexibility index (Phi) is 8.32. The first kappa shape index (κ1) is 26.5. The number of amides is 1. The summed E-state index contributed by atoms with van der Waals surface area (Å²) in [6, 6.07) is 4.89. The molecule has 4 aromatic rings. The van der Waals surface area contributed by atoms with Crippen molar-refractivity contribution in [2.24, 2.45) is 0 Å². The number of imidazole rings is 1. The standard InChI is InChI=1S/C25H26Cl2N6O4/c1-5-33(6-2)13-14-12-30-24(31-14)32-25(34)37-16-8-7-15(22-23(16)29-10-9-28-22)19-20(26)17(35-3)11-18(36-4)21(19)27/h7-12H,5-6,13H2,1-4H3,(H2,30,31,32,34). The fourth-order valence-corrected chi connectivity index (χ4v) is 4.55. The maximum Gasteiger partial charge on any atom is 0.419 e. The number of H-pyrrole nitrogens is 1. The number of rotatable bonds is 9. The van der Waals surface area contributed by atoms with Crippen molar-refractivity contribution in [1.29, 1.82) is 0 Å². The highest BCUT2D eigenvalue weighted by molar-refractivity contribution is 6.41. The Hall–Kier alpha value is -3.60. The van der Waals surface area contributed by atoms with Gasteiger partial charge in [0.2, 0.25) is 5.95 Å². The molecule has 0 aliphatic rings. The first-order chi connectivity index (χ1) is 17.9. The van der Waals surface area contributed by atoms with E-state index in [-0.39, 0.29) is 21.7 Å². The van der Waals surface area contributed by atoms with Crippen LogP contribution in [0.25, 0.3) is 22.2 Å². The van der Waals surface area contributed by atoms with Crippen molar-refractivity contribution in [2.75, 3.05) is 32.6 Å². The number of nitrogens with zero attached hydrogens (tertiary/aromatic N) is 4. The first-order valence-electron chi connectivity index (χ1n) is 11.5. The van der Waals surface area contributed by atoms with Crippen molar-refractivity contribution < 1.29 is 19.0 Å². The van der Waals surface area contributed by atoms with Crippen LogP contribution < -0.4 is 19.5 Å². The van der Waals surface area contributed by atoms with Gasteiger partial charge in [0.05, 0.1) is 30.0 Å². The van der Waals surface area contributed by atoms with Crippen molar-refractivity contribution in [3.05, 3.63) is 52.5 Å². The number of anilines is 1. The zero-order chi connectivity index (χ0) is 26.5. The van der Waals surface area contributed by atoms with E-state index in [9.17, 15) is 4.79 Å². The first-order valence-corrected chi connectivity index (χ1v) is 12.2. The third-order valence-electron chi connectivity index (χ3n) is 5.77. The molecule has 2 aromatic heterocycles. The number of carbonyl (C=O) groups is 1. The highest BCUT2D eigenvalue weighted by Gasteiger charge is 2.23. The zero-order valence-corrected chi connectivity index (χ0v) is 22.3. The number of benzene rings is 2. The summed E-state index contributed by atoms with van der Waals surface area (Å²) >= 11 is 13.2. The average molecular weight is 545 g/mol. The van der Waals surface area contributed by atoms with Crippen LogP contribution in [-0.4, -0.2) is 58.2 Å². The van der Waals surface area contributed by atoms with E-state index < -0.39 is 6.09 Å². The van der Waals surface area contributed by atoms with Crippen LogP contribution >= 0.6 is 23.2 Å². The normalized spacial score (nSPS) is 11.1. The van der Waals surface area contributed by atoms with Gasteiger partial charge in [0, 0.05) is 42.3 Å². The van der Waals surface area contributed by atoms with Crippen molar-refractivity contribution in [3.63, 3.8) is 0 Å². The molecule has 2 N–H and O–H groups in total. The molecule has 4 rings (SSSR count). The highest BCUT2D eigenvalue weighted by Crippen LogP contribution is 2.47. The molecule has 0 saturated carbocycles. The average Bonchev–Trinajstić information content (AvgIpc) is 3.35. The number of carbonyl (C=O) groups excluding carboxylic acids is 1. The molecule has 1 amide bonds. The van der Waals surface area contributed by atoms with Crippen molar-refractivity contribution in [3.8, 4) is 28.4 Å². The number of aromatic nitrogens is 4. The highest BCUT2D eigenvalue weighted by atomic mass is 35.5. The van der Waals surface area contributed by atoms with Gasteiger partial charge in [0.1, 0.15) is 22.5 Å². The molecular weight excluding hydrogens is 519 g/mol. The summed E-state index contributed by atoms with van der Waals surface area (Å²) in [4.78, 5) is 31.1. The molecule has 0 saturated heterocycles. The number of methoxy groups -OCH3 is 2. The van der Waals surface area contributed by atoms with Gasteiger partial charge in [-0.3, -0.25) is 15.2 Å². The SMILES string of the molecule is CCN(CC)Cc1c[nH]c(NC(=O)Oc2ccc(-c3c(Cl)c(OC)cc(OC)c3Cl)c3nccnc23)n1. The van der Waals surface area contributed by atoms with E-state index in [1.54, 1.807) is 24.4 Å². The number of fused-ring (bicyclic) bond motifs is 1. The van der Waals surface area contributed by atoms with E-state index in [1.807, 2.05) is 0 Å². The Morgan fingerprint density at radius 3 is 2.27 bits per heavy atom. The summed E-state index contributed by atoms with van der Waals surface area (Å²) in [5, 5.41) is 3.17. The Labute approximate surface area is 223 Å². The smallest absolute Gasteiger partial charge is 0.419 e. The van der Waals surface area contributed by atoms with Gasteiger partial charge in [-0.2, -0.15) is 0 Å². The van der Waals surface area contributed by atoms with Gasteiger partial charge in [0.15, 0.2) is 5.75 Å². The van der Waals surface area contributed by atoms with Gasteiger partial charge in [-0.1, -0.05) is 37.0 Å². The second-order valence-electron chi connectivity index (χ2n) is 7.87. The van der Waals surface area contributed by atoms with Crippen LogP contribution in [0.5, 0.6) is 17.2 Å². The third-order valence-corrected chi connectivity index (χ3v) is 6.52. The largest absolute Gasteiger partial charge is 0.495 e. The summed E-state index contributed by atoms with van der Waals surface area (Å²) in [5.74, 6) is 1.24. The molecule has 0 aliphatic carbocycles. The number of halogens is 2. The van der Waals surface area contributed by atoms with E-state index in [4.69, 9.17) is 37.4 Å². The molecule has 0 bridgehead atoms. The Morgan fingerprint density at radius 1 is 1.00 bits per heavy atom. The van der Waals surface area contributed by atoms with Crippen LogP contribution in [-0.2, 0) is 6.54 Å². The fraction of sp³-hybridized carbons (Fsp3) is 0.280. The summed E-state index contributed by atoms with van der Waals surface area (Å²) in [6.45, 7) is 6.63. The summed E-state index contributed by atoms with van der Waals surface area (Å²) < 4.78 is 16.3. The van der Waals surface area contributed by atoms with Gasteiger partial charge < -0.3 is 19.2 Å². The van der Waals surface area contributed by atoms with Gasteiger partial charge in [0.25, 0.3) is 0 Å². The van der Waals surface area contributed by atoms with Crippen LogP contribution in [0.4, 0.5) is 10.7 Å². The Morgan fingerprint density at radius 2 is 1.65 bits per heavy atom. The topological polar surface area (TPSA) is 114 Å². The van der Waals surface area contributed by atoms with Crippen molar-refractivity contribution in [1.82, 2.24) is 24.8 Å². The molecule has 0 radical (unpaired) electrons. The lowest BCUT2D eigenvalue weighted by atomic mass is 10.0. The van der Waals surface area contributed by atoms with Crippen LogP contribution in [0.15, 0.2) is 36.8 Å². The maximum absolute atomic E-state index is 12.7. The number of hydrogen-bond donors (Lipinski definition) is 2. The third kappa shape index (κ3) is 5.56. The van der Waals surface area contributed by atoms with Crippen LogP contribution in [0.1, 0.15) is 19.5 Å². The molecule has 37 heavy (non-hydrogen) atoms. The maximum atomic E-state index is 12.7. The van der Waals surface area contributed by atoms with E-state index in [0.717, 1.165) is 18.8 Å². The van der Waals surface area contributed by atoms with Crippen molar-refractivity contribution in [2.45, 2.75) is 20.4 Å². The summed E-state index contributed by atoms with van der Waals surface area (Å²) in [6.07, 6.45) is 4.04. The molecule has 0 atom stereocenters. The predicted molar refractivity (Wildman–Crippen MR) is 143 cm³/mol. The van der Waals surface area contributed by atoms with Crippen molar-refractivity contribution >= 4 is 46.3 Å². The minimum absolute atomic E-state index is 0.196.